The van der Waals surface area contributed by atoms with Gasteiger partial charge >= 0.3 is 5.97 Å². The summed E-state index contributed by atoms with van der Waals surface area (Å²) in [5, 5.41) is 17.7. The molecular formula is C18H18N2O4S. The van der Waals surface area contributed by atoms with Crippen molar-refractivity contribution in [1.29, 1.82) is 0 Å². The average Bonchev–Trinajstić information content (AvgIpc) is 2.90. The zero-order chi connectivity index (χ0) is 18.0. The number of phenolic OH excluding ortho intramolecular Hbond substituents is 1. The number of benzene rings is 2. The van der Waals surface area contributed by atoms with E-state index in [4.69, 9.17) is 9.84 Å². The monoisotopic (exact) mass is 358 g/mol. The van der Waals surface area contributed by atoms with E-state index in [9.17, 15) is 9.90 Å². The molecule has 25 heavy (non-hydrogen) atoms. The summed E-state index contributed by atoms with van der Waals surface area (Å²) in [6.45, 7) is 0.287. The van der Waals surface area contributed by atoms with Crippen molar-refractivity contribution < 1.29 is 19.7 Å². The number of hydrogen-bond donors (Lipinski definition) is 3. The number of carbonyl (C=O) groups is 1. The van der Waals surface area contributed by atoms with Gasteiger partial charge in [0.25, 0.3) is 0 Å². The van der Waals surface area contributed by atoms with Crippen molar-refractivity contribution in [3.05, 3.63) is 53.9 Å². The number of phenols is 1. The van der Waals surface area contributed by atoms with Crippen molar-refractivity contribution >= 4 is 29.6 Å². The maximum atomic E-state index is 10.8. The third-order valence-electron chi connectivity index (χ3n) is 3.96. The first-order valence-corrected chi connectivity index (χ1v) is 8.22. The predicted molar refractivity (Wildman–Crippen MR) is 97.3 cm³/mol. The molecule has 130 valence electrons. The molecular weight excluding hydrogens is 340 g/mol. The number of imidazole rings is 1. The second kappa shape index (κ2) is 7.06. The van der Waals surface area contributed by atoms with E-state index in [2.05, 4.69) is 17.6 Å². The van der Waals surface area contributed by atoms with Crippen molar-refractivity contribution in [2.45, 2.75) is 18.3 Å². The van der Waals surface area contributed by atoms with Gasteiger partial charge in [0, 0.05) is 13.1 Å². The number of ether oxygens (including phenoxy) is 1. The number of carboxylic acids is 1. The smallest absolute Gasteiger partial charge is 0.316 e. The molecule has 0 spiro atoms. The highest BCUT2D eigenvalue weighted by Gasteiger charge is 2.13. The molecule has 1 unspecified atom stereocenters. The first kappa shape index (κ1) is 17.2. The number of carboxylic acid groups (broad SMARTS) is 1. The molecule has 0 aliphatic heterocycles. The fraction of sp³-hybridized carbons (Fsp3) is 0.222. The first-order chi connectivity index (χ1) is 11.9. The number of rotatable bonds is 6. The highest BCUT2D eigenvalue weighted by Crippen LogP contribution is 2.21. The Balaban J connectivity index is 1.67. The molecule has 2 N–H and O–H groups in total. The summed E-state index contributed by atoms with van der Waals surface area (Å²) in [5.74, 6) is 0.676. The molecule has 2 aromatic carbocycles. The van der Waals surface area contributed by atoms with Gasteiger partial charge < -0.3 is 19.5 Å². The number of aromatic nitrogens is 2. The topological polar surface area (TPSA) is 84.6 Å². The largest absolute Gasteiger partial charge is 0.508 e. The summed E-state index contributed by atoms with van der Waals surface area (Å²) in [6.07, 6.45) is 0.354. The Kier molecular flexibility index (Phi) is 4.85. The summed E-state index contributed by atoms with van der Waals surface area (Å²) in [5.41, 5.74) is 2.51. The van der Waals surface area contributed by atoms with E-state index in [1.165, 1.54) is 0 Å². The second-order valence-corrected chi connectivity index (χ2v) is 6.37. The van der Waals surface area contributed by atoms with Gasteiger partial charge in [0.15, 0.2) is 0 Å². The van der Waals surface area contributed by atoms with E-state index in [1.54, 1.807) is 30.3 Å². The Labute approximate surface area is 150 Å². The Morgan fingerprint density at radius 3 is 2.68 bits per heavy atom. The quantitative estimate of drug-likeness (QED) is 0.590. The van der Waals surface area contributed by atoms with Gasteiger partial charge in [0.1, 0.15) is 29.2 Å². The third-order valence-corrected chi connectivity index (χ3v) is 4.37. The van der Waals surface area contributed by atoms with Crippen LogP contribution in [0, 0.1) is 0 Å². The molecule has 0 aliphatic rings. The Bertz CT molecular complexity index is 905. The van der Waals surface area contributed by atoms with Crippen LogP contribution in [0.3, 0.4) is 0 Å². The van der Waals surface area contributed by atoms with Crippen LogP contribution in [-0.2, 0) is 24.9 Å². The third kappa shape index (κ3) is 3.88. The van der Waals surface area contributed by atoms with Crippen LogP contribution in [0.25, 0.3) is 11.0 Å². The lowest BCUT2D eigenvalue weighted by Crippen LogP contribution is -2.16. The number of thiol groups is 1. The van der Waals surface area contributed by atoms with Crippen LogP contribution in [-0.4, -0.2) is 31.0 Å². The van der Waals surface area contributed by atoms with Gasteiger partial charge in [0.2, 0.25) is 0 Å². The molecule has 6 nitrogen and oxygen atoms in total. The summed E-state index contributed by atoms with van der Waals surface area (Å²) in [6, 6.07) is 12.3. The summed E-state index contributed by atoms with van der Waals surface area (Å²) in [7, 11) is 1.87. The highest BCUT2D eigenvalue weighted by molar-refractivity contribution is 7.81. The lowest BCUT2D eigenvalue weighted by atomic mass is 10.1. The van der Waals surface area contributed by atoms with Crippen LogP contribution in [0.15, 0.2) is 42.5 Å². The van der Waals surface area contributed by atoms with Crippen molar-refractivity contribution in [1.82, 2.24) is 9.55 Å². The SMILES string of the molecule is Cn1c(COc2ccc(CC(S)C(=O)O)cc2)nc2ccc(O)cc21. The van der Waals surface area contributed by atoms with Gasteiger partial charge in [-0.2, -0.15) is 12.6 Å². The van der Waals surface area contributed by atoms with Crippen LogP contribution >= 0.6 is 12.6 Å². The number of nitrogens with zero attached hydrogens (tertiary/aromatic N) is 2. The summed E-state index contributed by atoms with van der Waals surface area (Å²) in [4.78, 5) is 15.3. The first-order valence-electron chi connectivity index (χ1n) is 7.71. The van der Waals surface area contributed by atoms with Crippen LogP contribution in [0.2, 0.25) is 0 Å². The Morgan fingerprint density at radius 2 is 2.00 bits per heavy atom. The Hall–Kier alpha value is -2.67. The van der Waals surface area contributed by atoms with Crippen molar-refractivity contribution in [2.24, 2.45) is 7.05 Å². The maximum absolute atomic E-state index is 10.8. The van der Waals surface area contributed by atoms with Crippen LogP contribution in [0.1, 0.15) is 11.4 Å². The molecule has 0 fully saturated rings. The van der Waals surface area contributed by atoms with Crippen molar-refractivity contribution in [3.63, 3.8) is 0 Å². The molecule has 0 aliphatic carbocycles. The second-order valence-electron chi connectivity index (χ2n) is 5.75. The van der Waals surface area contributed by atoms with Gasteiger partial charge in [-0.25, -0.2) is 4.98 Å². The minimum absolute atomic E-state index is 0.197. The minimum Gasteiger partial charge on any atom is -0.508 e. The summed E-state index contributed by atoms with van der Waals surface area (Å²) < 4.78 is 7.64. The molecule has 1 aromatic heterocycles. The van der Waals surface area contributed by atoms with Crippen LogP contribution in [0.4, 0.5) is 0 Å². The zero-order valence-corrected chi connectivity index (χ0v) is 14.5. The van der Waals surface area contributed by atoms with Crippen molar-refractivity contribution in [3.8, 4) is 11.5 Å². The van der Waals surface area contributed by atoms with Crippen LogP contribution < -0.4 is 4.74 Å². The number of aliphatic carboxylic acids is 1. The van der Waals surface area contributed by atoms with E-state index < -0.39 is 11.2 Å². The fourth-order valence-corrected chi connectivity index (χ4v) is 2.75. The standard InChI is InChI=1S/C18H18N2O4S/c1-20-15-9-12(21)4-7-14(15)19-17(20)10-24-13-5-2-11(3-6-13)8-16(25)18(22)23/h2-7,9,16,21,25H,8,10H2,1H3,(H,22,23). The van der Waals surface area contributed by atoms with Gasteiger partial charge in [-0.3, -0.25) is 4.79 Å². The Morgan fingerprint density at radius 1 is 1.28 bits per heavy atom. The number of fused-ring (bicyclic) bond motifs is 1. The highest BCUT2D eigenvalue weighted by atomic mass is 32.1. The van der Waals surface area contributed by atoms with Crippen LogP contribution in [0.5, 0.6) is 11.5 Å². The molecule has 3 rings (SSSR count). The lowest BCUT2D eigenvalue weighted by Gasteiger charge is -2.09. The lowest BCUT2D eigenvalue weighted by molar-refractivity contribution is -0.136. The minimum atomic E-state index is -0.934. The van der Waals surface area contributed by atoms with Gasteiger partial charge in [-0.15, -0.1) is 0 Å². The molecule has 0 bridgehead atoms. The number of hydrogen-bond acceptors (Lipinski definition) is 5. The molecule has 0 saturated heterocycles. The van der Waals surface area contributed by atoms with Gasteiger partial charge in [-0.05, 0) is 36.2 Å². The van der Waals surface area contributed by atoms with E-state index in [0.29, 0.717) is 12.2 Å². The average molecular weight is 358 g/mol. The molecule has 0 radical (unpaired) electrons. The molecule has 3 aromatic rings. The van der Waals surface area contributed by atoms with Gasteiger partial charge in [0.05, 0.1) is 11.0 Å². The van der Waals surface area contributed by atoms with Gasteiger partial charge in [-0.1, -0.05) is 12.1 Å². The van der Waals surface area contributed by atoms with E-state index in [0.717, 1.165) is 22.4 Å². The molecule has 0 amide bonds. The number of aromatic hydroxyl groups is 1. The predicted octanol–water partition coefficient (Wildman–Crippen LogP) is 2.78. The molecule has 1 atom stereocenters. The zero-order valence-electron chi connectivity index (χ0n) is 13.6. The van der Waals surface area contributed by atoms with Crippen molar-refractivity contribution in [2.75, 3.05) is 0 Å². The molecule has 7 heteroatoms. The van der Waals surface area contributed by atoms with E-state index in [1.807, 2.05) is 23.7 Å². The fourth-order valence-electron chi connectivity index (χ4n) is 2.54. The number of aryl methyl sites for hydroxylation is 1. The molecule has 1 heterocycles. The maximum Gasteiger partial charge on any atom is 0.316 e. The summed E-state index contributed by atoms with van der Waals surface area (Å²) >= 11 is 4.03. The molecule has 0 saturated carbocycles. The normalized spacial score (nSPS) is 12.2. The van der Waals surface area contributed by atoms with E-state index in [-0.39, 0.29) is 12.4 Å². The van der Waals surface area contributed by atoms with E-state index >= 15 is 0 Å².